The van der Waals surface area contributed by atoms with Crippen molar-refractivity contribution in [1.29, 1.82) is 0 Å². The van der Waals surface area contributed by atoms with Gasteiger partial charge in [0.25, 0.3) is 0 Å². The maximum absolute atomic E-state index is 6.61. The molecule has 0 bridgehead atoms. The third kappa shape index (κ3) is 3.50. The Hall–Kier alpha value is -5.92. The van der Waals surface area contributed by atoms with Gasteiger partial charge in [0.05, 0.1) is 0 Å². The molecule has 0 spiro atoms. The number of rotatable bonds is 3. The summed E-state index contributed by atoms with van der Waals surface area (Å²) in [5, 5.41) is 12.3. The van der Waals surface area contributed by atoms with Crippen molar-refractivity contribution in [3.8, 4) is 33.4 Å². The van der Waals surface area contributed by atoms with Crippen molar-refractivity contribution < 1.29 is 4.42 Å². The molecule has 9 aromatic carbocycles. The quantitative estimate of drug-likeness (QED) is 0.152. The first-order valence-electron chi connectivity index (χ1n) is 15.5. The van der Waals surface area contributed by atoms with Crippen molar-refractivity contribution in [2.24, 2.45) is 0 Å². The van der Waals surface area contributed by atoms with E-state index in [0.717, 1.165) is 11.2 Å². The lowest BCUT2D eigenvalue weighted by atomic mass is 9.81. The number of hydrogen-bond acceptors (Lipinski definition) is 1. The molecule has 0 aliphatic heterocycles. The van der Waals surface area contributed by atoms with Crippen molar-refractivity contribution in [2.45, 2.75) is 0 Å². The Kier molecular flexibility index (Phi) is 5.06. The second kappa shape index (κ2) is 9.29. The third-order valence-electron chi connectivity index (χ3n) is 9.59. The highest BCUT2D eigenvalue weighted by Gasteiger charge is 2.24. The van der Waals surface area contributed by atoms with Crippen LogP contribution in [-0.4, -0.2) is 0 Å². The van der Waals surface area contributed by atoms with Crippen molar-refractivity contribution in [3.05, 3.63) is 158 Å². The van der Waals surface area contributed by atoms with Gasteiger partial charge in [0, 0.05) is 10.8 Å². The fourth-order valence-corrected chi connectivity index (χ4v) is 7.68. The van der Waals surface area contributed by atoms with Crippen LogP contribution in [0.25, 0.3) is 98.4 Å². The zero-order valence-electron chi connectivity index (χ0n) is 24.4. The van der Waals surface area contributed by atoms with Crippen LogP contribution in [0, 0.1) is 0 Å². The van der Waals surface area contributed by atoms with Crippen LogP contribution in [0.2, 0.25) is 0 Å². The summed E-state index contributed by atoms with van der Waals surface area (Å²) in [6, 6.07) is 57.4. The fourth-order valence-electron chi connectivity index (χ4n) is 7.68. The summed E-state index contributed by atoms with van der Waals surface area (Å²) >= 11 is 0. The average molecular weight is 571 g/mol. The maximum Gasteiger partial charge on any atom is 0.136 e. The number of fused-ring (bicyclic) bond motifs is 3. The molecule has 1 heterocycles. The van der Waals surface area contributed by atoms with Gasteiger partial charge >= 0.3 is 0 Å². The molecule has 45 heavy (non-hydrogen) atoms. The Morgan fingerprint density at radius 2 is 0.933 bits per heavy atom. The highest BCUT2D eigenvalue weighted by Crippen LogP contribution is 2.51. The Bertz CT molecular complexity index is 2690. The minimum atomic E-state index is 0.929. The van der Waals surface area contributed by atoms with Crippen LogP contribution in [0.1, 0.15) is 0 Å². The lowest BCUT2D eigenvalue weighted by Crippen LogP contribution is -1.94. The van der Waals surface area contributed by atoms with Crippen LogP contribution in [0.15, 0.2) is 162 Å². The zero-order chi connectivity index (χ0) is 29.5. The summed E-state index contributed by atoms with van der Waals surface area (Å²) in [5.41, 5.74) is 9.24. The SMILES string of the molecule is c1ccc(-c2c3ccccc3c(-c3c(-c4ccc5ccccc5c4)cc4oc5cccc6ccc3c4c65)c3ccccc23)cc1. The van der Waals surface area contributed by atoms with E-state index in [-0.39, 0.29) is 0 Å². The van der Waals surface area contributed by atoms with Crippen LogP contribution in [0.3, 0.4) is 0 Å². The predicted molar refractivity (Wildman–Crippen MR) is 191 cm³/mol. The van der Waals surface area contributed by atoms with Gasteiger partial charge in [0.2, 0.25) is 0 Å². The fraction of sp³-hybridized carbons (Fsp3) is 0. The van der Waals surface area contributed by atoms with Gasteiger partial charge in [-0.15, -0.1) is 0 Å². The molecule has 1 aromatic heterocycles. The molecule has 0 saturated carbocycles. The molecule has 0 unspecified atom stereocenters. The van der Waals surface area contributed by atoms with E-state index >= 15 is 0 Å². The summed E-state index contributed by atoms with van der Waals surface area (Å²) in [6.45, 7) is 0. The molecule has 208 valence electrons. The first kappa shape index (κ1) is 24.5. The predicted octanol–water partition coefficient (Wildman–Crippen LogP) is 12.6. The topological polar surface area (TPSA) is 13.1 Å². The van der Waals surface area contributed by atoms with Crippen molar-refractivity contribution in [1.82, 2.24) is 0 Å². The number of furan rings is 1. The zero-order valence-corrected chi connectivity index (χ0v) is 24.4. The molecule has 0 radical (unpaired) electrons. The largest absolute Gasteiger partial charge is 0.456 e. The van der Waals surface area contributed by atoms with Gasteiger partial charge in [-0.25, -0.2) is 0 Å². The first-order valence-corrected chi connectivity index (χ1v) is 15.5. The summed E-state index contributed by atoms with van der Waals surface area (Å²) < 4.78 is 6.61. The first-order chi connectivity index (χ1) is 22.3. The monoisotopic (exact) mass is 570 g/mol. The van der Waals surface area contributed by atoms with E-state index in [9.17, 15) is 0 Å². The highest BCUT2D eigenvalue weighted by atomic mass is 16.3. The van der Waals surface area contributed by atoms with Crippen LogP contribution < -0.4 is 0 Å². The molecule has 0 aliphatic carbocycles. The Morgan fingerprint density at radius 3 is 1.69 bits per heavy atom. The molecule has 1 nitrogen and oxygen atoms in total. The van der Waals surface area contributed by atoms with E-state index in [1.807, 2.05) is 0 Å². The second-order valence-corrected chi connectivity index (χ2v) is 12.0. The Labute approximate surface area is 259 Å². The van der Waals surface area contributed by atoms with E-state index in [4.69, 9.17) is 4.42 Å². The molecule has 0 aliphatic rings. The van der Waals surface area contributed by atoms with Crippen molar-refractivity contribution >= 4 is 65.0 Å². The maximum atomic E-state index is 6.61. The molecular formula is C44H26O. The molecule has 10 rings (SSSR count). The Balaban J connectivity index is 1.44. The average Bonchev–Trinajstić information content (AvgIpc) is 3.49. The van der Waals surface area contributed by atoms with E-state index < -0.39 is 0 Å². The summed E-state index contributed by atoms with van der Waals surface area (Å²) in [6.07, 6.45) is 0. The van der Waals surface area contributed by atoms with Gasteiger partial charge in [-0.2, -0.15) is 0 Å². The van der Waals surface area contributed by atoms with Crippen molar-refractivity contribution in [2.75, 3.05) is 0 Å². The number of benzene rings is 9. The van der Waals surface area contributed by atoms with E-state index in [2.05, 4.69) is 158 Å². The van der Waals surface area contributed by atoms with Crippen LogP contribution >= 0.6 is 0 Å². The summed E-state index contributed by atoms with van der Waals surface area (Å²) in [7, 11) is 0. The standard InChI is InChI=1S/C44H26O/c1-2-12-28(13-3-1)40-32-16-6-8-18-34(32)42(35-19-9-7-17-33(35)40)43-36-24-23-29-15-10-20-38-41(29)44(36)39(45-38)26-37(43)31-22-21-27-11-4-5-14-30(27)25-31/h1-26H. The van der Waals surface area contributed by atoms with E-state index in [1.165, 1.54) is 87.2 Å². The van der Waals surface area contributed by atoms with E-state index in [0.29, 0.717) is 0 Å². The van der Waals surface area contributed by atoms with Crippen LogP contribution in [0.5, 0.6) is 0 Å². The van der Waals surface area contributed by atoms with Gasteiger partial charge in [-0.3, -0.25) is 0 Å². The molecular weight excluding hydrogens is 544 g/mol. The molecule has 0 atom stereocenters. The normalized spacial score (nSPS) is 12.0. The van der Waals surface area contributed by atoms with Crippen LogP contribution in [-0.2, 0) is 0 Å². The third-order valence-corrected chi connectivity index (χ3v) is 9.59. The van der Waals surface area contributed by atoms with Gasteiger partial charge in [-0.05, 0) is 94.7 Å². The van der Waals surface area contributed by atoms with Gasteiger partial charge < -0.3 is 4.42 Å². The highest BCUT2D eigenvalue weighted by molar-refractivity contribution is 6.31. The lowest BCUT2D eigenvalue weighted by molar-refractivity contribution is 0.669. The smallest absolute Gasteiger partial charge is 0.136 e. The molecule has 10 aromatic rings. The van der Waals surface area contributed by atoms with Gasteiger partial charge in [-0.1, -0.05) is 140 Å². The minimum Gasteiger partial charge on any atom is -0.456 e. The second-order valence-electron chi connectivity index (χ2n) is 12.0. The summed E-state index contributed by atoms with van der Waals surface area (Å²) in [4.78, 5) is 0. The minimum absolute atomic E-state index is 0.929. The molecule has 0 saturated heterocycles. The molecule has 1 heteroatoms. The summed E-state index contributed by atoms with van der Waals surface area (Å²) in [5.74, 6) is 0. The van der Waals surface area contributed by atoms with Gasteiger partial charge in [0.1, 0.15) is 11.2 Å². The van der Waals surface area contributed by atoms with Crippen LogP contribution in [0.4, 0.5) is 0 Å². The molecule has 0 fully saturated rings. The molecule has 0 N–H and O–H groups in total. The Morgan fingerprint density at radius 1 is 0.311 bits per heavy atom. The van der Waals surface area contributed by atoms with E-state index in [1.54, 1.807) is 0 Å². The lowest BCUT2D eigenvalue weighted by Gasteiger charge is -2.21. The number of hydrogen-bond donors (Lipinski definition) is 0. The molecule has 0 amide bonds. The van der Waals surface area contributed by atoms with Gasteiger partial charge in [0.15, 0.2) is 0 Å². The van der Waals surface area contributed by atoms with Crippen molar-refractivity contribution in [3.63, 3.8) is 0 Å².